The molecular weight excluding hydrogens is 310 g/mol. The monoisotopic (exact) mass is 329 g/mol. The standard InChI is InChI=1S/C17H19N3O4/c1-12-4-3-5-13(8-12)10-19-17(21)11-18-15-9-14(20(22)23)6-7-16(15)24-2/h3-9,18H,10-11H2,1-2H3,(H,19,21). The van der Waals surface area contributed by atoms with Crippen molar-refractivity contribution in [2.45, 2.75) is 13.5 Å². The van der Waals surface area contributed by atoms with Gasteiger partial charge in [-0.1, -0.05) is 29.8 Å². The number of rotatable bonds is 7. The molecule has 7 nitrogen and oxygen atoms in total. The van der Waals surface area contributed by atoms with Gasteiger partial charge in [-0.3, -0.25) is 14.9 Å². The second-order valence-corrected chi connectivity index (χ2v) is 5.26. The molecular formula is C17H19N3O4. The zero-order valence-corrected chi connectivity index (χ0v) is 13.5. The summed E-state index contributed by atoms with van der Waals surface area (Å²) < 4.78 is 5.14. The SMILES string of the molecule is COc1ccc([N+](=O)[O-])cc1NCC(=O)NCc1cccc(C)c1. The van der Waals surface area contributed by atoms with E-state index in [1.807, 2.05) is 31.2 Å². The molecule has 0 bridgehead atoms. The first kappa shape index (κ1) is 17.3. The summed E-state index contributed by atoms with van der Waals surface area (Å²) in [4.78, 5) is 22.3. The lowest BCUT2D eigenvalue weighted by Gasteiger charge is -2.11. The molecule has 0 spiro atoms. The van der Waals surface area contributed by atoms with E-state index >= 15 is 0 Å². The zero-order valence-electron chi connectivity index (χ0n) is 13.5. The third-order valence-corrected chi connectivity index (χ3v) is 3.41. The highest BCUT2D eigenvalue weighted by Gasteiger charge is 2.12. The van der Waals surface area contributed by atoms with E-state index in [2.05, 4.69) is 10.6 Å². The summed E-state index contributed by atoms with van der Waals surface area (Å²) in [6, 6.07) is 12.0. The van der Waals surface area contributed by atoms with E-state index in [1.54, 1.807) is 0 Å². The normalized spacial score (nSPS) is 10.1. The maximum atomic E-state index is 11.9. The Balaban J connectivity index is 1.93. The Morgan fingerprint density at radius 1 is 1.25 bits per heavy atom. The number of nitro benzene ring substituents is 1. The van der Waals surface area contributed by atoms with Crippen molar-refractivity contribution in [1.29, 1.82) is 0 Å². The van der Waals surface area contributed by atoms with Gasteiger partial charge in [0.1, 0.15) is 5.75 Å². The molecule has 0 aromatic heterocycles. The number of carbonyl (C=O) groups excluding carboxylic acids is 1. The number of amides is 1. The lowest BCUT2D eigenvalue weighted by atomic mass is 10.1. The Morgan fingerprint density at radius 3 is 2.71 bits per heavy atom. The van der Waals surface area contributed by atoms with Crippen LogP contribution in [0.2, 0.25) is 0 Å². The fraction of sp³-hybridized carbons (Fsp3) is 0.235. The molecule has 0 aliphatic carbocycles. The van der Waals surface area contributed by atoms with Crippen molar-refractivity contribution in [2.75, 3.05) is 19.0 Å². The van der Waals surface area contributed by atoms with Gasteiger partial charge in [0.25, 0.3) is 5.69 Å². The number of aryl methyl sites for hydroxylation is 1. The van der Waals surface area contributed by atoms with Gasteiger partial charge in [0.2, 0.25) is 5.91 Å². The molecule has 0 saturated carbocycles. The van der Waals surface area contributed by atoms with Gasteiger partial charge in [0, 0.05) is 18.7 Å². The summed E-state index contributed by atoms with van der Waals surface area (Å²) in [6.07, 6.45) is 0. The number of non-ortho nitro benzene ring substituents is 1. The quantitative estimate of drug-likeness (QED) is 0.601. The van der Waals surface area contributed by atoms with Gasteiger partial charge in [0.05, 0.1) is 24.3 Å². The van der Waals surface area contributed by atoms with Crippen LogP contribution in [0, 0.1) is 17.0 Å². The fourth-order valence-electron chi connectivity index (χ4n) is 2.21. The molecule has 2 aromatic rings. The molecule has 0 saturated heterocycles. The Bertz CT molecular complexity index is 746. The van der Waals surface area contributed by atoms with Crippen LogP contribution < -0.4 is 15.4 Å². The van der Waals surface area contributed by atoms with Crippen molar-refractivity contribution in [2.24, 2.45) is 0 Å². The number of benzene rings is 2. The van der Waals surface area contributed by atoms with Gasteiger partial charge in [-0.05, 0) is 18.6 Å². The largest absolute Gasteiger partial charge is 0.495 e. The summed E-state index contributed by atoms with van der Waals surface area (Å²) in [7, 11) is 1.46. The minimum absolute atomic E-state index is 0.0106. The van der Waals surface area contributed by atoms with Crippen LogP contribution in [0.25, 0.3) is 0 Å². The third kappa shape index (κ3) is 4.70. The van der Waals surface area contributed by atoms with Crippen LogP contribution in [0.3, 0.4) is 0 Å². The highest BCUT2D eigenvalue weighted by molar-refractivity contribution is 5.81. The first-order valence-corrected chi connectivity index (χ1v) is 7.38. The van der Waals surface area contributed by atoms with Crippen molar-refractivity contribution in [1.82, 2.24) is 5.32 Å². The molecule has 0 aliphatic rings. The highest BCUT2D eigenvalue weighted by atomic mass is 16.6. The van der Waals surface area contributed by atoms with Crippen molar-refractivity contribution >= 4 is 17.3 Å². The molecule has 0 radical (unpaired) electrons. The van der Waals surface area contributed by atoms with E-state index in [-0.39, 0.29) is 18.1 Å². The van der Waals surface area contributed by atoms with Crippen LogP contribution >= 0.6 is 0 Å². The maximum Gasteiger partial charge on any atom is 0.271 e. The third-order valence-electron chi connectivity index (χ3n) is 3.41. The van der Waals surface area contributed by atoms with Crippen LogP contribution in [0.1, 0.15) is 11.1 Å². The Kier molecular flexibility index (Phi) is 5.73. The van der Waals surface area contributed by atoms with E-state index in [0.29, 0.717) is 18.0 Å². The van der Waals surface area contributed by atoms with E-state index in [4.69, 9.17) is 4.74 Å². The maximum absolute atomic E-state index is 11.9. The smallest absolute Gasteiger partial charge is 0.271 e. The van der Waals surface area contributed by atoms with Crippen molar-refractivity contribution in [3.05, 3.63) is 63.7 Å². The molecule has 126 valence electrons. The summed E-state index contributed by atoms with van der Waals surface area (Å²) in [5.74, 6) is 0.220. The van der Waals surface area contributed by atoms with E-state index < -0.39 is 4.92 Å². The lowest BCUT2D eigenvalue weighted by Crippen LogP contribution is -2.29. The van der Waals surface area contributed by atoms with Crippen molar-refractivity contribution < 1.29 is 14.5 Å². The number of hydrogen-bond acceptors (Lipinski definition) is 5. The van der Waals surface area contributed by atoms with Crippen molar-refractivity contribution in [3.63, 3.8) is 0 Å². The summed E-state index contributed by atoms with van der Waals surface area (Å²) in [6.45, 7) is 2.40. The van der Waals surface area contributed by atoms with Gasteiger partial charge in [0.15, 0.2) is 0 Å². The first-order valence-electron chi connectivity index (χ1n) is 7.38. The van der Waals surface area contributed by atoms with Gasteiger partial charge in [-0.25, -0.2) is 0 Å². The van der Waals surface area contributed by atoms with Crippen LogP contribution in [-0.4, -0.2) is 24.5 Å². The van der Waals surface area contributed by atoms with E-state index in [9.17, 15) is 14.9 Å². The predicted molar refractivity (Wildman–Crippen MR) is 91.2 cm³/mol. The number of nitrogens with one attached hydrogen (secondary N) is 2. The zero-order chi connectivity index (χ0) is 17.5. The van der Waals surface area contributed by atoms with Gasteiger partial charge >= 0.3 is 0 Å². The molecule has 1 amide bonds. The highest BCUT2D eigenvalue weighted by Crippen LogP contribution is 2.28. The van der Waals surface area contributed by atoms with Gasteiger partial charge < -0.3 is 15.4 Å². The molecule has 24 heavy (non-hydrogen) atoms. The van der Waals surface area contributed by atoms with Gasteiger partial charge in [-0.15, -0.1) is 0 Å². The number of anilines is 1. The first-order chi connectivity index (χ1) is 11.5. The molecule has 0 fully saturated rings. The summed E-state index contributed by atoms with van der Waals surface area (Å²) >= 11 is 0. The fourth-order valence-corrected chi connectivity index (χ4v) is 2.21. The molecule has 0 unspecified atom stereocenters. The lowest BCUT2D eigenvalue weighted by molar-refractivity contribution is -0.384. The average Bonchev–Trinajstić information content (AvgIpc) is 2.57. The number of methoxy groups -OCH3 is 1. The number of nitro groups is 1. The number of carbonyl (C=O) groups is 1. The van der Waals surface area contributed by atoms with Crippen LogP contribution in [0.15, 0.2) is 42.5 Å². The van der Waals surface area contributed by atoms with Crippen LogP contribution in [0.4, 0.5) is 11.4 Å². The molecule has 2 aromatic carbocycles. The molecule has 7 heteroatoms. The molecule has 0 aliphatic heterocycles. The average molecular weight is 329 g/mol. The molecule has 2 rings (SSSR count). The second kappa shape index (κ2) is 7.96. The summed E-state index contributed by atoms with van der Waals surface area (Å²) in [5, 5.41) is 16.5. The Morgan fingerprint density at radius 2 is 2.04 bits per heavy atom. The Hall–Kier alpha value is -3.09. The number of ether oxygens (including phenoxy) is 1. The van der Waals surface area contributed by atoms with Crippen molar-refractivity contribution in [3.8, 4) is 5.75 Å². The minimum atomic E-state index is -0.498. The predicted octanol–water partition coefficient (Wildman–Crippen LogP) is 2.64. The van der Waals surface area contributed by atoms with Crippen LogP contribution in [-0.2, 0) is 11.3 Å². The van der Waals surface area contributed by atoms with Crippen LogP contribution in [0.5, 0.6) is 5.75 Å². The Labute approximate surface area is 139 Å². The molecule has 2 N–H and O–H groups in total. The van der Waals surface area contributed by atoms with E-state index in [1.165, 1.54) is 25.3 Å². The van der Waals surface area contributed by atoms with Gasteiger partial charge in [-0.2, -0.15) is 0 Å². The molecule has 0 atom stereocenters. The second-order valence-electron chi connectivity index (χ2n) is 5.26. The van der Waals surface area contributed by atoms with E-state index in [0.717, 1.165) is 11.1 Å². The minimum Gasteiger partial charge on any atom is -0.495 e. The summed E-state index contributed by atoms with van der Waals surface area (Å²) in [5.41, 5.74) is 2.47. The number of nitrogens with zero attached hydrogens (tertiary/aromatic N) is 1. The number of hydrogen-bond donors (Lipinski definition) is 2. The molecule has 0 heterocycles. The topological polar surface area (TPSA) is 93.5 Å².